The molecule has 2 aromatic carbocycles. The van der Waals surface area contributed by atoms with E-state index in [1.807, 2.05) is 0 Å². The summed E-state index contributed by atoms with van der Waals surface area (Å²) in [6, 6.07) is 11.3. The maximum Gasteiger partial charge on any atom is 0.233 e. The second-order valence-electron chi connectivity index (χ2n) is 5.01. The number of amides is 2. The van der Waals surface area contributed by atoms with E-state index in [2.05, 4.69) is 10.6 Å². The average molecular weight is 365 g/mol. The molecule has 0 saturated carbocycles. The van der Waals surface area contributed by atoms with Crippen molar-refractivity contribution in [3.63, 3.8) is 0 Å². The van der Waals surface area contributed by atoms with Gasteiger partial charge in [0.1, 0.15) is 6.42 Å². The van der Waals surface area contributed by atoms with Gasteiger partial charge < -0.3 is 10.6 Å². The van der Waals surface area contributed by atoms with Crippen LogP contribution in [-0.2, 0) is 9.59 Å². The summed E-state index contributed by atoms with van der Waals surface area (Å²) in [6.07, 6.45) is -0.411. The molecule has 0 aliphatic rings. The SMILES string of the molecule is CC(=O)c1cccc(NC(=O)CC(=O)Nc2c(Cl)cccc2Cl)c1. The topological polar surface area (TPSA) is 75.3 Å². The van der Waals surface area contributed by atoms with Gasteiger partial charge in [-0.1, -0.05) is 41.4 Å². The van der Waals surface area contributed by atoms with Crippen molar-refractivity contribution >= 4 is 52.2 Å². The normalized spacial score (nSPS) is 10.1. The standard InChI is InChI=1S/C17H14Cl2N2O3/c1-10(22)11-4-2-5-12(8-11)20-15(23)9-16(24)21-17-13(18)6-3-7-14(17)19/h2-8H,9H2,1H3,(H,20,23)(H,21,24). The molecule has 0 aliphatic heterocycles. The summed E-state index contributed by atoms with van der Waals surface area (Å²) in [5.41, 5.74) is 1.17. The highest BCUT2D eigenvalue weighted by molar-refractivity contribution is 6.39. The number of rotatable bonds is 5. The summed E-state index contributed by atoms with van der Waals surface area (Å²) in [7, 11) is 0. The number of carbonyl (C=O) groups excluding carboxylic acids is 3. The zero-order chi connectivity index (χ0) is 17.7. The first-order valence-electron chi connectivity index (χ1n) is 7.01. The van der Waals surface area contributed by atoms with Gasteiger partial charge in [0.2, 0.25) is 11.8 Å². The number of anilines is 2. The first-order chi connectivity index (χ1) is 11.4. The Morgan fingerprint density at radius 2 is 1.50 bits per heavy atom. The van der Waals surface area contributed by atoms with E-state index in [9.17, 15) is 14.4 Å². The Morgan fingerprint density at radius 3 is 2.12 bits per heavy atom. The van der Waals surface area contributed by atoms with Crippen LogP contribution in [0.4, 0.5) is 11.4 Å². The van der Waals surface area contributed by atoms with Crippen molar-refractivity contribution in [2.75, 3.05) is 10.6 Å². The van der Waals surface area contributed by atoms with E-state index in [4.69, 9.17) is 23.2 Å². The van der Waals surface area contributed by atoms with Gasteiger partial charge in [-0.25, -0.2) is 0 Å². The van der Waals surface area contributed by atoms with E-state index in [1.165, 1.54) is 6.92 Å². The fourth-order valence-electron chi connectivity index (χ4n) is 1.97. The molecule has 0 heterocycles. The Bertz CT molecular complexity index is 786. The fraction of sp³-hybridized carbons (Fsp3) is 0.118. The zero-order valence-electron chi connectivity index (χ0n) is 12.7. The number of benzene rings is 2. The number of hydrogen-bond donors (Lipinski definition) is 2. The van der Waals surface area contributed by atoms with Crippen molar-refractivity contribution in [3.05, 3.63) is 58.1 Å². The molecule has 2 N–H and O–H groups in total. The van der Waals surface area contributed by atoms with Crippen LogP contribution in [0.1, 0.15) is 23.7 Å². The molecule has 0 spiro atoms. The summed E-state index contributed by atoms with van der Waals surface area (Å²) < 4.78 is 0. The van der Waals surface area contributed by atoms with E-state index in [-0.39, 0.29) is 21.5 Å². The molecule has 24 heavy (non-hydrogen) atoms. The van der Waals surface area contributed by atoms with Crippen molar-refractivity contribution in [3.8, 4) is 0 Å². The maximum atomic E-state index is 11.9. The van der Waals surface area contributed by atoms with Gasteiger partial charge in [0.05, 0.1) is 15.7 Å². The van der Waals surface area contributed by atoms with Crippen LogP contribution >= 0.6 is 23.2 Å². The number of halogens is 2. The monoisotopic (exact) mass is 364 g/mol. The van der Waals surface area contributed by atoms with Crippen LogP contribution in [0.15, 0.2) is 42.5 Å². The maximum absolute atomic E-state index is 11.9. The highest BCUT2D eigenvalue weighted by Crippen LogP contribution is 2.29. The molecule has 0 aliphatic carbocycles. The smallest absolute Gasteiger partial charge is 0.233 e. The molecule has 0 radical (unpaired) electrons. The summed E-state index contributed by atoms with van der Waals surface area (Å²) in [4.78, 5) is 35.2. The van der Waals surface area contributed by atoms with E-state index >= 15 is 0 Å². The van der Waals surface area contributed by atoms with Crippen LogP contribution in [-0.4, -0.2) is 17.6 Å². The Morgan fingerprint density at radius 1 is 0.917 bits per heavy atom. The van der Waals surface area contributed by atoms with Crippen LogP contribution in [0.5, 0.6) is 0 Å². The second-order valence-corrected chi connectivity index (χ2v) is 5.82. The lowest BCUT2D eigenvalue weighted by Crippen LogP contribution is -2.21. The molecule has 124 valence electrons. The highest BCUT2D eigenvalue weighted by Gasteiger charge is 2.14. The summed E-state index contributed by atoms with van der Waals surface area (Å²) in [5.74, 6) is -1.18. The number of Topliss-reactive ketones (excluding diaryl/α,β-unsaturated/α-hetero) is 1. The van der Waals surface area contributed by atoms with Crippen LogP contribution in [0, 0.1) is 0 Å². The van der Waals surface area contributed by atoms with Crippen LogP contribution < -0.4 is 10.6 Å². The summed E-state index contributed by atoms with van der Waals surface area (Å²) >= 11 is 11.9. The van der Waals surface area contributed by atoms with Crippen molar-refractivity contribution in [1.82, 2.24) is 0 Å². The van der Waals surface area contributed by atoms with E-state index in [1.54, 1.807) is 42.5 Å². The molecule has 7 heteroatoms. The Kier molecular flexibility index (Phi) is 5.95. The lowest BCUT2D eigenvalue weighted by Gasteiger charge is -2.09. The fourth-order valence-corrected chi connectivity index (χ4v) is 2.46. The number of carbonyl (C=O) groups is 3. The molecule has 0 saturated heterocycles. The molecule has 0 atom stereocenters. The van der Waals surface area contributed by atoms with Crippen molar-refractivity contribution < 1.29 is 14.4 Å². The van der Waals surface area contributed by atoms with Gasteiger partial charge in [-0.3, -0.25) is 14.4 Å². The third kappa shape index (κ3) is 4.81. The molecular weight excluding hydrogens is 351 g/mol. The Hall–Kier alpha value is -2.37. The molecule has 0 bridgehead atoms. The lowest BCUT2D eigenvalue weighted by molar-refractivity contribution is -0.123. The van der Waals surface area contributed by atoms with Gasteiger partial charge in [-0.2, -0.15) is 0 Å². The third-order valence-corrected chi connectivity index (χ3v) is 3.73. The minimum atomic E-state index is -0.551. The largest absolute Gasteiger partial charge is 0.326 e. The van der Waals surface area contributed by atoms with E-state index < -0.39 is 18.2 Å². The number of para-hydroxylation sites is 1. The minimum absolute atomic E-state index is 0.114. The van der Waals surface area contributed by atoms with Crippen molar-refractivity contribution in [1.29, 1.82) is 0 Å². The Balaban J connectivity index is 1.98. The average Bonchev–Trinajstić information content (AvgIpc) is 2.51. The van der Waals surface area contributed by atoms with E-state index in [0.717, 1.165) is 0 Å². The number of hydrogen-bond acceptors (Lipinski definition) is 3. The third-order valence-electron chi connectivity index (χ3n) is 3.10. The summed E-state index contributed by atoms with van der Waals surface area (Å²) in [6.45, 7) is 1.43. The molecule has 5 nitrogen and oxygen atoms in total. The molecule has 0 unspecified atom stereocenters. The molecular formula is C17H14Cl2N2O3. The van der Waals surface area contributed by atoms with Gasteiger partial charge >= 0.3 is 0 Å². The first-order valence-corrected chi connectivity index (χ1v) is 7.77. The van der Waals surface area contributed by atoms with Crippen LogP contribution in [0.25, 0.3) is 0 Å². The van der Waals surface area contributed by atoms with Crippen LogP contribution in [0.3, 0.4) is 0 Å². The Labute approximate surface area is 149 Å². The van der Waals surface area contributed by atoms with Gasteiger partial charge in [0.25, 0.3) is 0 Å². The van der Waals surface area contributed by atoms with Gasteiger partial charge in [-0.15, -0.1) is 0 Å². The molecule has 2 aromatic rings. The highest BCUT2D eigenvalue weighted by atomic mass is 35.5. The second kappa shape index (κ2) is 7.95. The van der Waals surface area contributed by atoms with E-state index in [0.29, 0.717) is 11.3 Å². The number of nitrogens with one attached hydrogen (secondary N) is 2. The molecule has 2 rings (SSSR count). The predicted octanol–water partition coefficient (Wildman–Crippen LogP) is 4.16. The predicted molar refractivity (Wildman–Crippen MR) is 94.8 cm³/mol. The van der Waals surface area contributed by atoms with Crippen molar-refractivity contribution in [2.45, 2.75) is 13.3 Å². The van der Waals surface area contributed by atoms with Gasteiger partial charge in [0, 0.05) is 11.3 Å². The van der Waals surface area contributed by atoms with Crippen molar-refractivity contribution in [2.24, 2.45) is 0 Å². The van der Waals surface area contributed by atoms with Gasteiger partial charge in [-0.05, 0) is 31.2 Å². The minimum Gasteiger partial charge on any atom is -0.326 e. The summed E-state index contributed by atoms with van der Waals surface area (Å²) in [5, 5.41) is 5.64. The molecule has 0 aromatic heterocycles. The zero-order valence-corrected chi connectivity index (χ0v) is 14.2. The first kappa shape index (κ1) is 18.0. The lowest BCUT2D eigenvalue weighted by atomic mass is 10.1. The number of ketones is 1. The molecule has 0 fully saturated rings. The van der Waals surface area contributed by atoms with Crippen LogP contribution in [0.2, 0.25) is 10.0 Å². The quantitative estimate of drug-likeness (QED) is 0.617. The molecule has 2 amide bonds. The van der Waals surface area contributed by atoms with Gasteiger partial charge in [0.15, 0.2) is 5.78 Å².